The second kappa shape index (κ2) is 6.04. The minimum absolute atomic E-state index is 0.300. The van der Waals surface area contributed by atoms with Gasteiger partial charge in [0, 0.05) is 26.2 Å². The molecule has 0 saturated carbocycles. The topological polar surface area (TPSA) is 111 Å². The SMILES string of the molecule is O=C(O)N1CCN(c2nc(-c3nc4ccc(CF)cc4[nH]3)no2)CC1. The van der Waals surface area contributed by atoms with E-state index in [0.29, 0.717) is 60.4 Å². The van der Waals surface area contributed by atoms with Crippen molar-refractivity contribution in [3.8, 4) is 11.6 Å². The van der Waals surface area contributed by atoms with Crippen molar-refractivity contribution in [3.05, 3.63) is 23.8 Å². The molecule has 1 aliphatic heterocycles. The van der Waals surface area contributed by atoms with Crippen LogP contribution < -0.4 is 4.90 Å². The lowest BCUT2D eigenvalue weighted by atomic mass is 10.2. The Labute approximate surface area is 141 Å². The second-order valence-electron chi connectivity index (χ2n) is 5.73. The van der Waals surface area contributed by atoms with Crippen LogP contribution in [0.3, 0.4) is 0 Å². The number of anilines is 1. The first-order valence-electron chi connectivity index (χ1n) is 7.75. The molecule has 0 unspecified atom stereocenters. The standard InChI is InChI=1S/C15H15FN6O3/c16-8-9-1-2-10-11(7-9)18-12(17-10)13-19-14(25-20-13)21-3-5-22(6-4-21)15(23)24/h1-2,7H,3-6,8H2,(H,17,18)(H,23,24). The van der Waals surface area contributed by atoms with Crippen LogP contribution in [-0.4, -0.2) is 62.4 Å². The van der Waals surface area contributed by atoms with Crippen molar-refractivity contribution in [2.75, 3.05) is 31.1 Å². The number of nitrogens with zero attached hydrogens (tertiary/aromatic N) is 5. The number of amides is 1. The molecule has 1 amide bonds. The lowest BCUT2D eigenvalue weighted by Gasteiger charge is -2.31. The minimum atomic E-state index is -0.930. The smallest absolute Gasteiger partial charge is 0.407 e. The average molecular weight is 346 g/mol. The maximum absolute atomic E-state index is 12.8. The van der Waals surface area contributed by atoms with Crippen LogP contribution in [-0.2, 0) is 6.67 Å². The van der Waals surface area contributed by atoms with Crippen LogP contribution >= 0.6 is 0 Å². The molecule has 3 aromatic rings. The van der Waals surface area contributed by atoms with E-state index < -0.39 is 12.8 Å². The number of rotatable bonds is 3. The summed E-state index contributed by atoms with van der Waals surface area (Å²) >= 11 is 0. The van der Waals surface area contributed by atoms with Crippen molar-refractivity contribution in [1.82, 2.24) is 25.0 Å². The fourth-order valence-electron chi connectivity index (χ4n) is 2.77. The van der Waals surface area contributed by atoms with Gasteiger partial charge in [-0.25, -0.2) is 14.2 Å². The molecule has 4 rings (SSSR count). The van der Waals surface area contributed by atoms with Crippen LogP contribution in [0.25, 0.3) is 22.7 Å². The van der Waals surface area contributed by atoms with Crippen LogP contribution in [0, 0.1) is 0 Å². The molecule has 130 valence electrons. The van der Waals surface area contributed by atoms with Gasteiger partial charge in [0.05, 0.1) is 11.0 Å². The number of benzene rings is 1. The predicted octanol–water partition coefficient (Wildman–Crippen LogP) is 1.88. The largest absolute Gasteiger partial charge is 0.465 e. The number of alkyl halides is 1. The average Bonchev–Trinajstić information content (AvgIpc) is 3.27. The first-order valence-corrected chi connectivity index (χ1v) is 7.75. The lowest BCUT2D eigenvalue weighted by Crippen LogP contribution is -2.48. The Morgan fingerprint density at radius 3 is 2.80 bits per heavy atom. The third kappa shape index (κ3) is 2.86. The molecule has 1 aliphatic rings. The molecule has 9 nitrogen and oxygen atoms in total. The van der Waals surface area contributed by atoms with E-state index in [1.54, 1.807) is 18.2 Å². The summed E-state index contributed by atoms with van der Waals surface area (Å²) in [5, 5.41) is 12.9. The van der Waals surface area contributed by atoms with E-state index in [9.17, 15) is 9.18 Å². The number of imidazole rings is 1. The summed E-state index contributed by atoms with van der Waals surface area (Å²) in [6, 6.07) is 5.43. The normalized spacial score (nSPS) is 15.1. The van der Waals surface area contributed by atoms with Gasteiger partial charge in [0.1, 0.15) is 6.67 Å². The summed E-state index contributed by atoms with van der Waals surface area (Å²) in [5.41, 5.74) is 1.95. The maximum Gasteiger partial charge on any atom is 0.407 e. The van der Waals surface area contributed by atoms with Gasteiger partial charge >= 0.3 is 12.1 Å². The van der Waals surface area contributed by atoms with Gasteiger partial charge in [0.25, 0.3) is 0 Å². The third-order valence-electron chi connectivity index (χ3n) is 4.15. The van der Waals surface area contributed by atoms with Gasteiger partial charge in [0.15, 0.2) is 5.82 Å². The van der Waals surface area contributed by atoms with E-state index in [2.05, 4.69) is 20.1 Å². The predicted molar refractivity (Wildman–Crippen MR) is 86.0 cm³/mol. The van der Waals surface area contributed by atoms with Gasteiger partial charge in [0.2, 0.25) is 5.82 Å². The molecule has 0 aliphatic carbocycles. The highest BCUT2D eigenvalue weighted by Gasteiger charge is 2.24. The van der Waals surface area contributed by atoms with Gasteiger partial charge in [-0.2, -0.15) is 4.98 Å². The Morgan fingerprint density at radius 1 is 1.28 bits per heavy atom. The van der Waals surface area contributed by atoms with Gasteiger partial charge in [-0.15, -0.1) is 0 Å². The Kier molecular flexibility index (Phi) is 3.71. The summed E-state index contributed by atoms with van der Waals surface area (Å²) in [6.07, 6.45) is -0.930. The van der Waals surface area contributed by atoms with Crippen molar-refractivity contribution in [2.45, 2.75) is 6.67 Å². The van der Waals surface area contributed by atoms with Crippen LogP contribution in [0.1, 0.15) is 5.56 Å². The van der Waals surface area contributed by atoms with E-state index in [0.717, 1.165) is 0 Å². The number of aromatic amines is 1. The molecular weight excluding hydrogens is 331 g/mol. The maximum atomic E-state index is 12.8. The van der Waals surface area contributed by atoms with Crippen molar-refractivity contribution in [1.29, 1.82) is 0 Å². The van der Waals surface area contributed by atoms with Crippen LogP contribution in [0.4, 0.5) is 15.2 Å². The highest BCUT2D eigenvalue weighted by Crippen LogP contribution is 2.22. The molecule has 1 fully saturated rings. The molecule has 2 aromatic heterocycles. The summed E-state index contributed by atoms with van der Waals surface area (Å²) in [6.45, 7) is 1.17. The van der Waals surface area contributed by atoms with Crippen molar-refractivity contribution >= 4 is 23.1 Å². The van der Waals surface area contributed by atoms with Gasteiger partial charge in [-0.1, -0.05) is 11.2 Å². The lowest BCUT2D eigenvalue weighted by molar-refractivity contribution is 0.141. The quantitative estimate of drug-likeness (QED) is 0.745. The van der Waals surface area contributed by atoms with E-state index in [1.807, 2.05) is 4.90 Å². The Balaban J connectivity index is 1.54. The summed E-state index contributed by atoms with van der Waals surface area (Å²) in [5.74, 6) is 0.735. The zero-order chi connectivity index (χ0) is 17.4. The molecule has 0 bridgehead atoms. The van der Waals surface area contributed by atoms with E-state index >= 15 is 0 Å². The summed E-state index contributed by atoms with van der Waals surface area (Å²) < 4.78 is 18.0. The molecule has 10 heteroatoms. The van der Waals surface area contributed by atoms with E-state index in [-0.39, 0.29) is 0 Å². The number of aromatic nitrogens is 4. The Morgan fingerprint density at radius 2 is 2.08 bits per heavy atom. The Hall–Kier alpha value is -3.17. The molecule has 1 aromatic carbocycles. The molecule has 0 spiro atoms. The number of hydrogen-bond acceptors (Lipinski definition) is 6. The number of hydrogen-bond donors (Lipinski definition) is 2. The molecular formula is C15H15FN6O3. The third-order valence-corrected chi connectivity index (χ3v) is 4.15. The van der Waals surface area contributed by atoms with Gasteiger partial charge in [-0.05, 0) is 17.7 Å². The van der Waals surface area contributed by atoms with Crippen LogP contribution in [0.15, 0.2) is 22.7 Å². The van der Waals surface area contributed by atoms with Crippen molar-refractivity contribution in [2.24, 2.45) is 0 Å². The fraction of sp³-hybridized carbons (Fsp3) is 0.333. The Bertz CT molecular complexity index is 915. The number of halogens is 1. The number of carboxylic acid groups (broad SMARTS) is 1. The first-order chi connectivity index (χ1) is 12.1. The van der Waals surface area contributed by atoms with Crippen LogP contribution in [0.2, 0.25) is 0 Å². The van der Waals surface area contributed by atoms with Gasteiger partial charge in [-0.3, -0.25) is 0 Å². The molecule has 0 radical (unpaired) electrons. The highest BCUT2D eigenvalue weighted by atomic mass is 19.1. The molecule has 1 saturated heterocycles. The number of carbonyl (C=O) groups is 1. The summed E-state index contributed by atoms with van der Waals surface area (Å²) in [4.78, 5) is 25.9. The number of H-pyrrole nitrogens is 1. The second-order valence-corrected chi connectivity index (χ2v) is 5.73. The molecule has 2 N–H and O–H groups in total. The number of fused-ring (bicyclic) bond motifs is 1. The number of piperazine rings is 1. The van der Waals surface area contributed by atoms with Crippen LogP contribution in [0.5, 0.6) is 0 Å². The van der Waals surface area contributed by atoms with Crippen molar-refractivity contribution < 1.29 is 18.8 Å². The van der Waals surface area contributed by atoms with E-state index in [4.69, 9.17) is 9.63 Å². The number of nitrogens with one attached hydrogen (secondary N) is 1. The molecule has 3 heterocycles. The molecule has 0 atom stereocenters. The fourth-order valence-corrected chi connectivity index (χ4v) is 2.77. The van der Waals surface area contributed by atoms with Crippen molar-refractivity contribution in [3.63, 3.8) is 0 Å². The summed E-state index contributed by atoms with van der Waals surface area (Å²) in [7, 11) is 0. The minimum Gasteiger partial charge on any atom is -0.465 e. The first kappa shape index (κ1) is 15.4. The monoisotopic (exact) mass is 346 g/mol. The molecule has 25 heavy (non-hydrogen) atoms. The van der Waals surface area contributed by atoms with E-state index in [1.165, 1.54) is 4.90 Å². The zero-order valence-corrected chi connectivity index (χ0v) is 13.1. The zero-order valence-electron chi connectivity index (χ0n) is 13.1. The van der Waals surface area contributed by atoms with Gasteiger partial charge < -0.3 is 24.4 Å². The highest BCUT2D eigenvalue weighted by molar-refractivity contribution is 5.79.